The fourth-order valence-electron chi connectivity index (χ4n) is 2.12. The summed E-state index contributed by atoms with van der Waals surface area (Å²) < 4.78 is 16.9. The van der Waals surface area contributed by atoms with Crippen molar-refractivity contribution in [2.45, 2.75) is 11.5 Å². The van der Waals surface area contributed by atoms with Crippen molar-refractivity contribution in [3.8, 4) is 0 Å². The van der Waals surface area contributed by atoms with E-state index in [1.165, 1.54) is 19.2 Å². The molecule has 1 atom stereocenters. The number of esters is 1. The van der Waals surface area contributed by atoms with Crippen LogP contribution in [0.3, 0.4) is 0 Å². The number of carboxylic acid groups (broad SMARTS) is 1. The number of hydrogen-bond donors (Lipinski definition) is 1. The Balaban J connectivity index is 2.06. The second kappa shape index (κ2) is 7.69. The van der Waals surface area contributed by atoms with Crippen molar-refractivity contribution in [3.63, 3.8) is 0 Å². The van der Waals surface area contributed by atoms with Gasteiger partial charge in [-0.25, -0.2) is 9.59 Å². The number of rotatable bonds is 6. The maximum Gasteiger partial charge on any atom is 0.337 e. The van der Waals surface area contributed by atoms with Crippen molar-refractivity contribution in [2.75, 3.05) is 7.11 Å². The summed E-state index contributed by atoms with van der Waals surface area (Å²) in [5.41, 5.74) is 2.05. The zero-order valence-electron chi connectivity index (χ0n) is 12.5. The predicted octanol–water partition coefficient (Wildman–Crippen LogP) is 2.62. The largest absolute Gasteiger partial charge is 0.478 e. The monoisotopic (exact) mass is 332 g/mol. The van der Waals surface area contributed by atoms with Gasteiger partial charge in [0.15, 0.2) is 0 Å². The van der Waals surface area contributed by atoms with E-state index < -0.39 is 22.7 Å². The van der Waals surface area contributed by atoms with Gasteiger partial charge in [-0.15, -0.1) is 0 Å². The van der Waals surface area contributed by atoms with E-state index in [1.807, 2.05) is 0 Å². The lowest BCUT2D eigenvalue weighted by atomic mass is 10.1. The summed E-state index contributed by atoms with van der Waals surface area (Å²) in [6.07, 6.45) is 0. The molecule has 1 unspecified atom stereocenters. The number of hydrogen-bond acceptors (Lipinski definition) is 4. The number of carboxylic acids is 1. The van der Waals surface area contributed by atoms with Gasteiger partial charge >= 0.3 is 11.9 Å². The Hall–Kier alpha value is -2.47. The average Bonchev–Trinajstić information content (AvgIpc) is 2.54. The summed E-state index contributed by atoms with van der Waals surface area (Å²) >= 11 is 0. The van der Waals surface area contributed by atoms with Crippen LogP contribution in [-0.2, 0) is 27.0 Å². The lowest BCUT2D eigenvalue weighted by molar-refractivity contribution is 0.0599. The molecule has 2 rings (SSSR count). The summed E-state index contributed by atoms with van der Waals surface area (Å²) in [7, 11) is 0.0962. The first-order valence-electron chi connectivity index (χ1n) is 6.84. The van der Waals surface area contributed by atoms with Crippen LogP contribution in [0.2, 0.25) is 0 Å². The molecule has 2 aromatic rings. The number of aromatic carboxylic acids is 1. The Bertz CT molecular complexity index is 754. The molecule has 0 aliphatic heterocycles. The third kappa shape index (κ3) is 4.75. The highest BCUT2D eigenvalue weighted by Gasteiger charge is 2.09. The Labute approximate surface area is 136 Å². The number of methoxy groups -OCH3 is 1. The molecule has 0 aromatic heterocycles. The molecule has 120 valence electrons. The molecule has 2 aromatic carbocycles. The molecule has 1 N–H and O–H groups in total. The molecule has 5 nitrogen and oxygen atoms in total. The normalized spacial score (nSPS) is 11.7. The maximum atomic E-state index is 12.3. The smallest absolute Gasteiger partial charge is 0.337 e. The van der Waals surface area contributed by atoms with Gasteiger partial charge in [0, 0.05) is 22.3 Å². The van der Waals surface area contributed by atoms with E-state index in [0.29, 0.717) is 11.1 Å². The van der Waals surface area contributed by atoms with Gasteiger partial charge in [-0.1, -0.05) is 24.3 Å². The second-order valence-corrected chi connectivity index (χ2v) is 6.38. The Morgan fingerprint density at radius 2 is 1.52 bits per heavy atom. The van der Waals surface area contributed by atoms with Crippen molar-refractivity contribution in [3.05, 3.63) is 70.8 Å². The molecule has 0 saturated heterocycles. The zero-order chi connectivity index (χ0) is 16.8. The summed E-state index contributed by atoms with van der Waals surface area (Å²) in [4.78, 5) is 22.4. The van der Waals surface area contributed by atoms with E-state index in [2.05, 4.69) is 4.74 Å². The molecule has 0 aliphatic rings. The first kappa shape index (κ1) is 16.9. The molecule has 0 heterocycles. The van der Waals surface area contributed by atoms with Crippen LogP contribution in [0, 0.1) is 0 Å². The molecule has 0 fully saturated rings. The Kier molecular flexibility index (Phi) is 5.65. The van der Waals surface area contributed by atoms with E-state index in [0.717, 1.165) is 5.56 Å². The van der Waals surface area contributed by atoms with Gasteiger partial charge in [-0.2, -0.15) is 0 Å². The van der Waals surface area contributed by atoms with Gasteiger partial charge in [0.1, 0.15) is 0 Å². The van der Waals surface area contributed by atoms with Gasteiger partial charge in [-0.3, -0.25) is 4.21 Å². The summed E-state index contributed by atoms with van der Waals surface area (Å²) in [5, 5.41) is 8.96. The molecule has 6 heteroatoms. The summed E-state index contributed by atoms with van der Waals surface area (Å²) in [5.74, 6) is -0.915. The summed E-state index contributed by atoms with van der Waals surface area (Å²) in [6, 6.07) is 13.2. The Morgan fingerprint density at radius 1 is 1.00 bits per heavy atom. The van der Waals surface area contributed by atoms with Crippen molar-refractivity contribution in [2.24, 2.45) is 0 Å². The van der Waals surface area contributed by atoms with Crippen LogP contribution < -0.4 is 0 Å². The zero-order valence-corrected chi connectivity index (χ0v) is 13.3. The SMILES string of the molecule is COC(=O)c1cccc(CS(=O)Cc2cccc(C(=O)O)c2)c1. The third-order valence-corrected chi connectivity index (χ3v) is 4.49. The summed E-state index contributed by atoms with van der Waals surface area (Å²) in [6.45, 7) is 0. The van der Waals surface area contributed by atoms with Crippen molar-refractivity contribution in [1.82, 2.24) is 0 Å². The Morgan fingerprint density at radius 3 is 2.04 bits per heavy atom. The second-order valence-electron chi connectivity index (χ2n) is 4.93. The van der Waals surface area contributed by atoms with Gasteiger partial charge in [0.05, 0.1) is 18.2 Å². The van der Waals surface area contributed by atoms with Crippen molar-refractivity contribution >= 4 is 22.7 Å². The van der Waals surface area contributed by atoms with Gasteiger partial charge in [0.2, 0.25) is 0 Å². The minimum absolute atomic E-state index is 0.173. The molecule has 23 heavy (non-hydrogen) atoms. The standard InChI is InChI=1S/C17H16O5S/c1-22-17(20)15-7-3-5-13(9-15)11-23(21)10-12-4-2-6-14(8-12)16(18)19/h2-9H,10-11H2,1H3,(H,18,19). The van der Waals surface area contributed by atoms with Crippen LogP contribution in [0.5, 0.6) is 0 Å². The van der Waals surface area contributed by atoms with Crippen LogP contribution in [0.15, 0.2) is 48.5 Å². The molecule has 0 spiro atoms. The van der Waals surface area contributed by atoms with E-state index in [4.69, 9.17) is 5.11 Å². The van der Waals surface area contributed by atoms with Crippen LogP contribution >= 0.6 is 0 Å². The van der Waals surface area contributed by atoms with Crippen molar-refractivity contribution in [1.29, 1.82) is 0 Å². The van der Waals surface area contributed by atoms with E-state index in [-0.39, 0.29) is 17.1 Å². The van der Waals surface area contributed by atoms with E-state index in [1.54, 1.807) is 36.4 Å². The topological polar surface area (TPSA) is 80.7 Å². The van der Waals surface area contributed by atoms with Gasteiger partial charge in [0.25, 0.3) is 0 Å². The lowest BCUT2D eigenvalue weighted by Crippen LogP contribution is -2.04. The number of carbonyl (C=O) groups excluding carboxylic acids is 1. The van der Waals surface area contributed by atoms with E-state index >= 15 is 0 Å². The van der Waals surface area contributed by atoms with Gasteiger partial charge in [-0.05, 0) is 35.4 Å². The highest BCUT2D eigenvalue weighted by molar-refractivity contribution is 7.83. The van der Waals surface area contributed by atoms with Crippen LogP contribution in [0.1, 0.15) is 31.8 Å². The fraction of sp³-hybridized carbons (Fsp3) is 0.176. The highest BCUT2D eigenvalue weighted by Crippen LogP contribution is 2.13. The number of carbonyl (C=O) groups is 2. The molecule has 0 aliphatic carbocycles. The fourth-order valence-corrected chi connectivity index (χ4v) is 3.33. The lowest BCUT2D eigenvalue weighted by Gasteiger charge is -2.06. The van der Waals surface area contributed by atoms with Crippen LogP contribution in [0.4, 0.5) is 0 Å². The molecular formula is C17H16O5S. The number of ether oxygens (including phenoxy) is 1. The highest BCUT2D eigenvalue weighted by atomic mass is 32.2. The quantitative estimate of drug-likeness (QED) is 0.823. The third-order valence-electron chi connectivity index (χ3n) is 3.18. The minimum Gasteiger partial charge on any atom is -0.478 e. The molecule has 0 bridgehead atoms. The minimum atomic E-state index is -1.21. The molecular weight excluding hydrogens is 316 g/mol. The molecule has 0 saturated carbocycles. The maximum absolute atomic E-state index is 12.3. The first-order chi connectivity index (χ1) is 11.0. The molecule has 0 amide bonds. The predicted molar refractivity (Wildman–Crippen MR) is 86.7 cm³/mol. The van der Waals surface area contributed by atoms with E-state index in [9.17, 15) is 13.8 Å². The van der Waals surface area contributed by atoms with Crippen LogP contribution in [0.25, 0.3) is 0 Å². The molecule has 0 radical (unpaired) electrons. The van der Waals surface area contributed by atoms with Gasteiger partial charge < -0.3 is 9.84 Å². The first-order valence-corrected chi connectivity index (χ1v) is 8.33. The van der Waals surface area contributed by atoms with Crippen molar-refractivity contribution < 1.29 is 23.6 Å². The number of benzene rings is 2. The average molecular weight is 332 g/mol. The van der Waals surface area contributed by atoms with Crippen LogP contribution in [-0.4, -0.2) is 28.4 Å².